The number of aromatic nitrogens is 1. The quantitative estimate of drug-likeness (QED) is 0.499. The van der Waals surface area contributed by atoms with Crippen molar-refractivity contribution in [3.63, 3.8) is 0 Å². The van der Waals surface area contributed by atoms with Gasteiger partial charge in [-0.3, -0.25) is 9.78 Å². The molecule has 2 heteroatoms. The monoisotopic (exact) mass is 107 g/mol. The predicted molar refractivity (Wildman–Crippen MR) is 29.6 cm³/mol. The molecule has 0 radical (unpaired) electrons. The molecule has 0 amide bonds. The lowest BCUT2D eigenvalue weighted by atomic mass is 10.3. The minimum Gasteiger partial charge on any atom is -0.298 e. The predicted octanol–water partition coefficient (Wildman–Crippen LogP) is 0.894. The van der Waals surface area contributed by atoms with E-state index >= 15 is 0 Å². The van der Waals surface area contributed by atoms with Gasteiger partial charge in [0.15, 0.2) is 0 Å². The highest BCUT2D eigenvalue weighted by atomic mass is 16.1. The van der Waals surface area contributed by atoms with Crippen molar-refractivity contribution >= 4 is 6.29 Å². The normalized spacial score (nSPS) is 8.50. The number of aldehydes is 1. The second-order valence-electron chi connectivity index (χ2n) is 1.40. The molecule has 0 aromatic carbocycles. The van der Waals surface area contributed by atoms with Crippen LogP contribution in [0, 0.1) is 0 Å². The van der Waals surface area contributed by atoms with Crippen LogP contribution in [0.15, 0.2) is 24.5 Å². The van der Waals surface area contributed by atoms with Crippen LogP contribution in [0.2, 0.25) is 0 Å². The van der Waals surface area contributed by atoms with E-state index < -0.39 is 0 Å². The number of hydrogen-bond donors (Lipinski definition) is 0. The fourth-order valence-electron chi connectivity index (χ4n) is 0.442. The van der Waals surface area contributed by atoms with Crippen molar-refractivity contribution in [3.8, 4) is 0 Å². The molecule has 1 aromatic rings. The van der Waals surface area contributed by atoms with E-state index in [2.05, 4.69) is 4.98 Å². The third-order valence-electron chi connectivity index (χ3n) is 0.842. The molecule has 0 N–H and O–H groups in total. The summed E-state index contributed by atoms with van der Waals surface area (Å²) in [5.41, 5.74) is 0.667. The highest BCUT2D eigenvalue weighted by Crippen LogP contribution is 1.88. The van der Waals surface area contributed by atoms with Crippen molar-refractivity contribution < 1.29 is 4.79 Å². The summed E-state index contributed by atoms with van der Waals surface area (Å²) < 4.78 is 0. The summed E-state index contributed by atoms with van der Waals surface area (Å²) in [5, 5.41) is 0. The van der Waals surface area contributed by atoms with Crippen LogP contribution in [0.25, 0.3) is 0 Å². The Morgan fingerprint density at radius 2 is 2.00 bits per heavy atom. The molecule has 0 spiro atoms. The molecular weight excluding hydrogens is 102 g/mol. The first-order valence-corrected chi connectivity index (χ1v) is 2.28. The van der Waals surface area contributed by atoms with Crippen molar-refractivity contribution in [1.82, 2.24) is 4.98 Å². The maximum absolute atomic E-state index is 9.98. The molecular formula is C6H5NO. The zero-order valence-electron chi connectivity index (χ0n) is 4.24. The maximum atomic E-state index is 9.98. The van der Waals surface area contributed by atoms with Gasteiger partial charge in [0, 0.05) is 18.0 Å². The first kappa shape index (κ1) is 4.97. The zero-order valence-corrected chi connectivity index (χ0v) is 4.24. The van der Waals surface area contributed by atoms with Crippen LogP contribution in [0.4, 0.5) is 0 Å². The van der Waals surface area contributed by atoms with E-state index in [0.29, 0.717) is 5.56 Å². The van der Waals surface area contributed by atoms with Gasteiger partial charge in [-0.15, -0.1) is 0 Å². The Labute approximate surface area is 47.2 Å². The number of nitrogens with zero attached hydrogens (tertiary/aromatic N) is 1. The van der Waals surface area contributed by atoms with Crippen molar-refractivity contribution in [3.05, 3.63) is 30.1 Å². The molecule has 0 aliphatic rings. The van der Waals surface area contributed by atoms with Gasteiger partial charge in [0.2, 0.25) is 0 Å². The van der Waals surface area contributed by atoms with Crippen molar-refractivity contribution in [1.29, 1.82) is 0 Å². The average molecular weight is 107 g/mol. The highest BCUT2D eigenvalue weighted by Gasteiger charge is 1.80. The summed E-state index contributed by atoms with van der Waals surface area (Å²) in [4.78, 5) is 13.7. The first-order valence-electron chi connectivity index (χ1n) is 2.28. The lowest BCUT2D eigenvalue weighted by molar-refractivity contribution is 0.112. The molecule has 1 aromatic heterocycles. The first-order chi connectivity index (χ1) is 3.93. The van der Waals surface area contributed by atoms with Gasteiger partial charge in [-0.25, -0.2) is 0 Å². The number of rotatable bonds is 1. The topological polar surface area (TPSA) is 30.0 Å². The second-order valence-corrected chi connectivity index (χ2v) is 1.40. The number of carbonyl (C=O) groups excluding carboxylic acids is 1. The van der Waals surface area contributed by atoms with Gasteiger partial charge < -0.3 is 0 Å². The molecule has 1 heterocycles. The second kappa shape index (κ2) is 2.21. The van der Waals surface area contributed by atoms with Gasteiger partial charge in [0.1, 0.15) is 6.29 Å². The van der Waals surface area contributed by atoms with E-state index in [9.17, 15) is 4.79 Å². The molecule has 0 unspecified atom stereocenters. The Morgan fingerprint density at radius 3 is 2.38 bits per heavy atom. The fourth-order valence-corrected chi connectivity index (χ4v) is 0.442. The smallest absolute Gasteiger partial charge is 0.150 e. The van der Waals surface area contributed by atoms with Crippen molar-refractivity contribution in [2.24, 2.45) is 0 Å². The zero-order chi connectivity index (χ0) is 5.82. The van der Waals surface area contributed by atoms with E-state index in [-0.39, 0.29) is 0 Å². The molecule has 0 aliphatic heterocycles. The lowest BCUT2D eigenvalue weighted by Gasteiger charge is -1.81. The van der Waals surface area contributed by atoms with Gasteiger partial charge in [-0.1, -0.05) is 0 Å². The molecule has 0 saturated carbocycles. The number of hydrogen-bond acceptors (Lipinski definition) is 2. The molecule has 0 fully saturated rings. The highest BCUT2D eigenvalue weighted by molar-refractivity contribution is 5.73. The molecule has 0 bridgehead atoms. The Morgan fingerprint density at radius 1 is 1.38 bits per heavy atom. The summed E-state index contributed by atoms with van der Waals surface area (Å²) in [6.45, 7) is 0. The molecule has 8 heavy (non-hydrogen) atoms. The molecule has 0 aliphatic carbocycles. The standard InChI is InChI=1S/C6H5NO/c8-5-6-1-3-7-4-2-6/h1-5H/i3+0. The van der Waals surface area contributed by atoms with Crippen LogP contribution in [0.1, 0.15) is 10.4 Å². The number of pyridine rings is 1. The summed E-state index contributed by atoms with van der Waals surface area (Å²) in [6, 6.07) is 3.32. The molecule has 1 rings (SSSR count). The van der Waals surface area contributed by atoms with Crippen molar-refractivity contribution in [2.45, 2.75) is 0 Å². The Kier molecular flexibility index (Phi) is 1.37. The van der Waals surface area contributed by atoms with Crippen LogP contribution >= 0.6 is 0 Å². The van der Waals surface area contributed by atoms with Crippen LogP contribution in [0.3, 0.4) is 0 Å². The van der Waals surface area contributed by atoms with Gasteiger partial charge in [0.05, 0.1) is 0 Å². The fraction of sp³-hybridized carbons (Fsp3) is 0. The minimum absolute atomic E-state index is 0.667. The summed E-state index contributed by atoms with van der Waals surface area (Å²) >= 11 is 0. The molecule has 0 atom stereocenters. The van der Waals surface area contributed by atoms with E-state index in [1.165, 1.54) is 0 Å². The average Bonchev–Trinajstić information content (AvgIpc) is 1.90. The summed E-state index contributed by atoms with van der Waals surface area (Å²) in [7, 11) is 0. The minimum atomic E-state index is 0.667. The Bertz CT molecular complexity index is 171. The van der Waals surface area contributed by atoms with Gasteiger partial charge in [-0.2, -0.15) is 0 Å². The Balaban J connectivity index is 2.99. The molecule has 40 valence electrons. The van der Waals surface area contributed by atoms with Gasteiger partial charge in [0.25, 0.3) is 0 Å². The van der Waals surface area contributed by atoms with Crippen LogP contribution in [-0.2, 0) is 0 Å². The van der Waals surface area contributed by atoms with E-state index in [1.54, 1.807) is 24.5 Å². The maximum Gasteiger partial charge on any atom is 0.150 e. The SMILES string of the molecule is O=Cc1ccn[12cH]c1. The molecule has 2 nitrogen and oxygen atoms in total. The molecule has 0 saturated heterocycles. The third kappa shape index (κ3) is 0.904. The van der Waals surface area contributed by atoms with E-state index in [0.717, 1.165) is 6.29 Å². The van der Waals surface area contributed by atoms with Crippen LogP contribution < -0.4 is 0 Å². The van der Waals surface area contributed by atoms with Crippen LogP contribution in [-0.4, -0.2) is 11.3 Å². The largest absolute Gasteiger partial charge is 0.298 e. The number of carbonyl (C=O) groups is 1. The van der Waals surface area contributed by atoms with Crippen molar-refractivity contribution in [2.75, 3.05) is 0 Å². The van der Waals surface area contributed by atoms with Crippen LogP contribution in [0.5, 0.6) is 0 Å². The van der Waals surface area contributed by atoms with E-state index in [1.807, 2.05) is 0 Å². The van der Waals surface area contributed by atoms with E-state index in [4.69, 9.17) is 0 Å². The van der Waals surface area contributed by atoms with Gasteiger partial charge in [-0.05, 0) is 12.1 Å². The van der Waals surface area contributed by atoms with Gasteiger partial charge >= 0.3 is 0 Å². The third-order valence-corrected chi connectivity index (χ3v) is 0.842. The summed E-state index contributed by atoms with van der Waals surface area (Å²) in [6.07, 6.45) is 3.97. The Hall–Kier alpha value is -1.18. The summed E-state index contributed by atoms with van der Waals surface area (Å²) in [5.74, 6) is 0. The lowest BCUT2D eigenvalue weighted by Crippen LogP contribution is -1.76.